The van der Waals surface area contributed by atoms with Crippen molar-refractivity contribution >= 4 is 17.2 Å². The summed E-state index contributed by atoms with van der Waals surface area (Å²) in [5.74, 6) is 0.258. The maximum absolute atomic E-state index is 12.3. The molecule has 18 heavy (non-hydrogen) atoms. The van der Waals surface area contributed by atoms with Crippen LogP contribution in [-0.4, -0.2) is 29.9 Å². The van der Waals surface area contributed by atoms with Gasteiger partial charge in [-0.15, -0.1) is 11.3 Å². The predicted octanol–water partition coefficient (Wildman–Crippen LogP) is 2.63. The Kier molecular flexibility index (Phi) is 5.20. The highest BCUT2D eigenvalue weighted by Gasteiger charge is 2.20. The van der Waals surface area contributed by atoms with E-state index >= 15 is 0 Å². The van der Waals surface area contributed by atoms with Crippen molar-refractivity contribution in [3.8, 4) is 0 Å². The quantitative estimate of drug-likeness (QED) is 0.908. The molecule has 1 aliphatic heterocycles. The van der Waals surface area contributed by atoms with Crippen LogP contribution in [0.1, 0.15) is 37.5 Å². The van der Waals surface area contributed by atoms with Gasteiger partial charge in [-0.2, -0.15) is 0 Å². The van der Waals surface area contributed by atoms with Crippen LogP contribution in [0.4, 0.5) is 0 Å². The van der Waals surface area contributed by atoms with Crippen LogP contribution in [0.5, 0.6) is 0 Å². The standard InChI is InChI=1S/C14H22N2OS/c1-12(15-11-13-7-6-10-18-13)14(17)16-8-4-2-3-5-9-16/h6-7,10,12,15H,2-5,8-9,11H2,1H3. The average Bonchev–Trinajstić information content (AvgIpc) is 2.75. The van der Waals surface area contributed by atoms with Gasteiger partial charge in [0.15, 0.2) is 0 Å². The molecule has 100 valence electrons. The van der Waals surface area contributed by atoms with Crippen molar-refractivity contribution in [2.75, 3.05) is 13.1 Å². The number of carbonyl (C=O) groups is 1. The molecule has 1 amide bonds. The van der Waals surface area contributed by atoms with Gasteiger partial charge in [0.1, 0.15) is 0 Å². The van der Waals surface area contributed by atoms with Crippen LogP contribution in [0.3, 0.4) is 0 Å². The van der Waals surface area contributed by atoms with E-state index in [4.69, 9.17) is 0 Å². The van der Waals surface area contributed by atoms with Crippen molar-refractivity contribution in [2.24, 2.45) is 0 Å². The van der Waals surface area contributed by atoms with Gasteiger partial charge in [-0.05, 0) is 31.2 Å². The van der Waals surface area contributed by atoms with Gasteiger partial charge in [-0.3, -0.25) is 4.79 Å². The lowest BCUT2D eigenvalue weighted by atomic mass is 10.2. The summed E-state index contributed by atoms with van der Waals surface area (Å²) in [6.07, 6.45) is 4.84. The smallest absolute Gasteiger partial charge is 0.239 e. The molecular weight excluding hydrogens is 244 g/mol. The van der Waals surface area contributed by atoms with Crippen LogP contribution in [-0.2, 0) is 11.3 Å². The molecule has 4 heteroatoms. The highest BCUT2D eigenvalue weighted by atomic mass is 32.1. The summed E-state index contributed by atoms with van der Waals surface area (Å²) in [6.45, 7) is 4.63. The summed E-state index contributed by atoms with van der Waals surface area (Å²) >= 11 is 1.73. The van der Waals surface area contributed by atoms with Gasteiger partial charge in [-0.1, -0.05) is 18.9 Å². The van der Waals surface area contributed by atoms with Crippen molar-refractivity contribution < 1.29 is 4.79 Å². The van der Waals surface area contributed by atoms with Crippen molar-refractivity contribution in [1.29, 1.82) is 0 Å². The highest BCUT2D eigenvalue weighted by molar-refractivity contribution is 7.09. The Bertz CT molecular complexity index is 356. The Hall–Kier alpha value is -0.870. The number of nitrogens with one attached hydrogen (secondary N) is 1. The summed E-state index contributed by atoms with van der Waals surface area (Å²) in [5.41, 5.74) is 0. The van der Waals surface area contributed by atoms with E-state index in [0.717, 1.165) is 32.5 Å². The van der Waals surface area contributed by atoms with Crippen LogP contribution in [0, 0.1) is 0 Å². The number of hydrogen-bond donors (Lipinski definition) is 1. The molecule has 0 saturated carbocycles. The second kappa shape index (κ2) is 6.90. The van der Waals surface area contributed by atoms with Crippen molar-refractivity contribution in [1.82, 2.24) is 10.2 Å². The fraction of sp³-hybridized carbons (Fsp3) is 0.643. The Morgan fingerprint density at radius 3 is 2.72 bits per heavy atom. The van der Waals surface area contributed by atoms with Gasteiger partial charge < -0.3 is 10.2 Å². The second-order valence-electron chi connectivity index (χ2n) is 4.92. The van der Waals surface area contributed by atoms with E-state index < -0.39 is 0 Å². The van der Waals surface area contributed by atoms with Gasteiger partial charge >= 0.3 is 0 Å². The molecule has 0 aromatic carbocycles. The lowest BCUT2D eigenvalue weighted by molar-refractivity contribution is -0.133. The van der Waals surface area contributed by atoms with E-state index in [1.165, 1.54) is 17.7 Å². The molecule has 1 aliphatic rings. The molecule has 3 nitrogen and oxygen atoms in total. The van der Waals surface area contributed by atoms with Crippen molar-refractivity contribution in [3.63, 3.8) is 0 Å². The Balaban J connectivity index is 1.79. The lowest BCUT2D eigenvalue weighted by Gasteiger charge is -2.24. The number of rotatable bonds is 4. The van der Waals surface area contributed by atoms with E-state index in [9.17, 15) is 4.79 Å². The maximum atomic E-state index is 12.3. The number of nitrogens with zero attached hydrogens (tertiary/aromatic N) is 1. The van der Waals surface area contributed by atoms with E-state index in [1.807, 2.05) is 17.9 Å². The summed E-state index contributed by atoms with van der Waals surface area (Å²) in [5, 5.41) is 5.39. The second-order valence-corrected chi connectivity index (χ2v) is 5.95. The minimum absolute atomic E-state index is 0.0785. The lowest BCUT2D eigenvalue weighted by Crippen LogP contribution is -2.44. The molecule has 0 radical (unpaired) electrons. The molecule has 1 unspecified atom stereocenters. The minimum atomic E-state index is -0.0785. The first-order chi connectivity index (χ1) is 8.77. The van der Waals surface area contributed by atoms with Crippen LogP contribution in [0.15, 0.2) is 17.5 Å². The summed E-state index contributed by atoms with van der Waals surface area (Å²) in [4.78, 5) is 15.6. The highest BCUT2D eigenvalue weighted by Crippen LogP contribution is 2.12. The Morgan fingerprint density at radius 1 is 1.39 bits per heavy atom. The zero-order valence-electron chi connectivity index (χ0n) is 11.0. The minimum Gasteiger partial charge on any atom is -0.341 e. The normalized spacial score (nSPS) is 18.4. The molecule has 1 fully saturated rings. The largest absolute Gasteiger partial charge is 0.341 e. The summed E-state index contributed by atoms with van der Waals surface area (Å²) < 4.78 is 0. The number of carbonyl (C=O) groups excluding carboxylic acids is 1. The van der Waals surface area contributed by atoms with Crippen LogP contribution in [0.2, 0.25) is 0 Å². The third-order valence-corrected chi connectivity index (χ3v) is 4.33. The zero-order chi connectivity index (χ0) is 12.8. The SMILES string of the molecule is CC(NCc1cccs1)C(=O)N1CCCCCC1. The topological polar surface area (TPSA) is 32.3 Å². The molecule has 1 atom stereocenters. The molecule has 0 spiro atoms. The number of hydrogen-bond acceptors (Lipinski definition) is 3. The van der Waals surface area contributed by atoms with Gasteiger partial charge in [0.2, 0.25) is 5.91 Å². The maximum Gasteiger partial charge on any atom is 0.239 e. The third-order valence-electron chi connectivity index (χ3n) is 3.45. The first-order valence-electron chi connectivity index (χ1n) is 6.82. The summed E-state index contributed by atoms with van der Waals surface area (Å²) in [6, 6.07) is 4.06. The molecular formula is C14H22N2OS. The first-order valence-corrected chi connectivity index (χ1v) is 7.70. The molecule has 2 heterocycles. The molecule has 0 aliphatic carbocycles. The molecule has 1 N–H and O–H groups in total. The fourth-order valence-corrected chi connectivity index (χ4v) is 2.97. The monoisotopic (exact) mass is 266 g/mol. The van der Waals surface area contributed by atoms with Gasteiger partial charge in [0, 0.05) is 24.5 Å². The fourth-order valence-electron chi connectivity index (χ4n) is 2.32. The number of thiophene rings is 1. The van der Waals surface area contributed by atoms with E-state index in [1.54, 1.807) is 11.3 Å². The van der Waals surface area contributed by atoms with Gasteiger partial charge in [-0.25, -0.2) is 0 Å². The van der Waals surface area contributed by atoms with Crippen LogP contribution < -0.4 is 5.32 Å². The van der Waals surface area contributed by atoms with E-state index in [-0.39, 0.29) is 11.9 Å². The van der Waals surface area contributed by atoms with Crippen LogP contribution >= 0.6 is 11.3 Å². The van der Waals surface area contributed by atoms with Crippen LogP contribution in [0.25, 0.3) is 0 Å². The van der Waals surface area contributed by atoms with E-state index in [0.29, 0.717) is 0 Å². The summed E-state index contributed by atoms with van der Waals surface area (Å²) in [7, 11) is 0. The zero-order valence-corrected chi connectivity index (χ0v) is 11.8. The predicted molar refractivity (Wildman–Crippen MR) is 75.7 cm³/mol. The molecule has 2 rings (SSSR count). The molecule has 1 saturated heterocycles. The number of likely N-dealkylation sites (tertiary alicyclic amines) is 1. The molecule has 0 bridgehead atoms. The Morgan fingerprint density at radius 2 is 2.11 bits per heavy atom. The number of amides is 1. The van der Waals surface area contributed by atoms with Crippen molar-refractivity contribution in [3.05, 3.63) is 22.4 Å². The average molecular weight is 266 g/mol. The van der Waals surface area contributed by atoms with Gasteiger partial charge in [0.25, 0.3) is 0 Å². The molecule has 1 aromatic heterocycles. The van der Waals surface area contributed by atoms with Gasteiger partial charge in [0.05, 0.1) is 6.04 Å². The Labute approximate surface area is 113 Å². The first kappa shape index (κ1) is 13.6. The van der Waals surface area contributed by atoms with E-state index in [2.05, 4.69) is 16.8 Å². The van der Waals surface area contributed by atoms with Crippen molar-refractivity contribution in [2.45, 2.75) is 45.2 Å². The third kappa shape index (κ3) is 3.82. The molecule has 1 aromatic rings.